The molecule has 1 N–H and O–H groups in total. The van der Waals surface area contributed by atoms with E-state index in [2.05, 4.69) is 27.8 Å². The molecule has 0 fully saturated rings. The Balaban J connectivity index is 2.50. The van der Waals surface area contributed by atoms with E-state index in [0.717, 1.165) is 27.8 Å². The quantitative estimate of drug-likeness (QED) is 0.832. The van der Waals surface area contributed by atoms with E-state index in [9.17, 15) is 4.79 Å². The molecular formula is C14H15BrN2O2S. The Morgan fingerprint density at radius 2 is 2.25 bits per heavy atom. The van der Waals surface area contributed by atoms with Crippen LogP contribution in [0.25, 0.3) is 5.69 Å². The standard InChI is InChI=1S/C14H15BrN2O2S/c1-3-10-7-16-14(20-8-13(18)19)17(10)12-6-4-5-11(15)9(12)2/h4-7H,3,8H2,1-2H3,(H,18,19). The van der Waals surface area contributed by atoms with Gasteiger partial charge in [0.05, 0.1) is 11.4 Å². The van der Waals surface area contributed by atoms with Crippen LogP contribution < -0.4 is 0 Å². The van der Waals surface area contributed by atoms with Crippen LogP contribution in [0.2, 0.25) is 0 Å². The lowest BCUT2D eigenvalue weighted by atomic mass is 10.2. The SMILES string of the molecule is CCc1cnc(SCC(=O)O)n1-c1cccc(Br)c1C. The van der Waals surface area contributed by atoms with Crippen molar-refractivity contribution in [1.29, 1.82) is 0 Å². The van der Waals surface area contributed by atoms with Gasteiger partial charge >= 0.3 is 5.97 Å². The lowest BCUT2D eigenvalue weighted by molar-refractivity contribution is -0.133. The molecule has 0 saturated carbocycles. The summed E-state index contributed by atoms with van der Waals surface area (Å²) in [6.07, 6.45) is 2.65. The number of benzene rings is 1. The van der Waals surface area contributed by atoms with Crippen molar-refractivity contribution >= 4 is 33.7 Å². The van der Waals surface area contributed by atoms with Gasteiger partial charge in [-0.2, -0.15) is 0 Å². The van der Waals surface area contributed by atoms with E-state index in [1.54, 1.807) is 0 Å². The summed E-state index contributed by atoms with van der Waals surface area (Å²) in [6, 6.07) is 5.98. The van der Waals surface area contributed by atoms with E-state index in [0.29, 0.717) is 5.16 Å². The van der Waals surface area contributed by atoms with Gasteiger partial charge in [0.15, 0.2) is 5.16 Å². The Kier molecular flexibility index (Phi) is 4.88. The average Bonchev–Trinajstić information content (AvgIpc) is 2.82. The van der Waals surface area contributed by atoms with Gasteiger partial charge < -0.3 is 5.11 Å². The highest BCUT2D eigenvalue weighted by Gasteiger charge is 2.15. The fourth-order valence-corrected chi connectivity index (χ4v) is 3.02. The molecular weight excluding hydrogens is 340 g/mol. The van der Waals surface area contributed by atoms with E-state index in [-0.39, 0.29) is 5.75 Å². The molecule has 2 aromatic rings. The smallest absolute Gasteiger partial charge is 0.313 e. The predicted octanol–water partition coefficient (Wildman–Crippen LogP) is 3.68. The van der Waals surface area contributed by atoms with Crippen LogP contribution >= 0.6 is 27.7 Å². The zero-order valence-corrected chi connectivity index (χ0v) is 13.7. The first-order valence-corrected chi connectivity index (χ1v) is 7.99. The zero-order chi connectivity index (χ0) is 14.7. The Morgan fingerprint density at radius 3 is 2.90 bits per heavy atom. The van der Waals surface area contributed by atoms with Crippen LogP contribution in [0.4, 0.5) is 0 Å². The maximum Gasteiger partial charge on any atom is 0.313 e. The molecule has 0 spiro atoms. The number of rotatable bonds is 5. The molecule has 1 aromatic heterocycles. The summed E-state index contributed by atoms with van der Waals surface area (Å²) < 4.78 is 3.06. The second-order valence-electron chi connectivity index (χ2n) is 4.29. The second-order valence-corrected chi connectivity index (χ2v) is 6.08. The number of halogens is 1. The molecule has 0 radical (unpaired) electrons. The molecule has 0 aliphatic rings. The summed E-state index contributed by atoms with van der Waals surface area (Å²) in [4.78, 5) is 15.1. The molecule has 20 heavy (non-hydrogen) atoms. The molecule has 0 atom stereocenters. The molecule has 4 nitrogen and oxygen atoms in total. The van der Waals surface area contributed by atoms with Crippen LogP contribution in [-0.2, 0) is 11.2 Å². The summed E-state index contributed by atoms with van der Waals surface area (Å²) in [6.45, 7) is 4.09. The summed E-state index contributed by atoms with van der Waals surface area (Å²) in [5.74, 6) is -0.832. The number of hydrogen-bond acceptors (Lipinski definition) is 3. The first-order valence-electron chi connectivity index (χ1n) is 6.21. The monoisotopic (exact) mass is 354 g/mol. The number of aromatic nitrogens is 2. The number of thioether (sulfide) groups is 1. The Morgan fingerprint density at radius 1 is 1.50 bits per heavy atom. The minimum Gasteiger partial charge on any atom is -0.481 e. The third-order valence-electron chi connectivity index (χ3n) is 2.97. The highest BCUT2D eigenvalue weighted by molar-refractivity contribution is 9.10. The van der Waals surface area contributed by atoms with E-state index in [1.165, 1.54) is 11.8 Å². The van der Waals surface area contributed by atoms with Crippen LogP contribution in [0.3, 0.4) is 0 Å². The minimum atomic E-state index is -0.839. The van der Waals surface area contributed by atoms with Gasteiger partial charge in [0.1, 0.15) is 0 Å². The predicted molar refractivity (Wildman–Crippen MR) is 83.7 cm³/mol. The Hall–Kier alpha value is -1.27. The van der Waals surface area contributed by atoms with Crippen molar-refractivity contribution in [3.05, 3.63) is 40.1 Å². The van der Waals surface area contributed by atoms with Gasteiger partial charge in [-0.05, 0) is 31.0 Å². The second kappa shape index (κ2) is 6.45. The summed E-state index contributed by atoms with van der Waals surface area (Å²) in [5.41, 5.74) is 3.21. The molecule has 0 aliphatic heterocycles. The lowest BCUT2D eigenvalue weighted by Gasteiger charge is -2.14. The molecule has 6 heteroatoms. The van der Waals surface area contributed by atoms with Gasteiger partial charge in [-0.15, -0.1) is 0 Å². The molecule has 0 saturated heterocycles. The molecule has 0 aliphatic carbocycles. The number of aryl methyl sites for hydroxylation is 1. The van der Waals surface area contributed by atoms with E-state index in [4.69, 9.17) is 5.11 Å². The maximum atomic E-state index is 10.8. The molecule has 2 rings (SSSR count). The van der Waals surface area contributed by atoms with Crippen LogP contribution in [0.5, 0.6) is 0 Å². The van der Waals surface area contributed by atoms with Gasteiger partial charge in [0.25, 0.3) is 0 Å². The number of imidazole rings is 1. The van der Waals surface area contributed by atoms with Crippen molar-refractivity contribution in [3.8, 4) is 5.69 Å². The maximum absolute atomic E-state index is 10.8. The van der Waals surface area contributed by atoms with Crippen molar-refractivity contribution < 1.29 is 9.90 Å². The molecule has 1 aromatic carbocycles. The van der Waals surface area contributed by atoms with Crippen molar-refractivity contribution in [2.45, 2.75) is 25.4 Å². The van der Waals surface area contributed by atoms with Crippen molar-refractivity contribution in [2.24, 2.45) is 0 Å². The van der Waals surface area contributed by atoms with E-state index < -0.39 is 5.97 Å². The normalized spacial score (nSPS) is 10.8. The number of carboxylic acids is 1. The third-order valence-corrected chi connectivity index (χ3v) is 4.77. The molecule has 0 amide bonds. The van der Waals surface area contributed by atoms with Crippen molar-refractivity contribution in [2.75, 3.05) is 5.75 Å². The number of carboxylic acid groups (broad SMARTS) is 1. The molecule has 106 valence electrons. The van der Waals surface area contributed by atoms with Gasteiger partial charge in [-0.1, -0.05) is 40.7 Å². The number of hydrogen-bond donors (Lipinski definition) is 1. The molecule has 0 bridgehead atoms. The van der Waals surface area contributed by atoms with E-state index in [1.807, 2.05) is 35.9 Å². The third kappa shape index (κ3) is 3.07. The van der Waals surface area contributed by atoms with Gasteiger partial charge in [-0.25, -0.2) is 4.98 Å². The van der Waals surface area contributed by atoms with Gasteiger partial charge in [0.2, 0.25) is 0 Å². The fourth-order valence-electron chi connectivity index (χ4n) is 1.94. The molecule has 0 unspecified atom stereocenters. The highest BCUT2D eigenvalue weighted by Crippen LogP contribution is 2.29. The van der Waals surface area contributed by atoms with Crippen LogP contribution in [0, 0.1) is 6.92 Å². The average molecular weight is 355 g/mol. The van der Waals surface area contributed by atoms with E-state index >= 15 is 0 Å². The number of carbonyl (C=O) groups is 1. The summed E-state index contributed by atoms with van der Waals surface area (Å²) in [7, 11) is 0. The Bertz CT molecular complexity index is 640. The first-order chi connectivity index (χ1) is 9.54. The van der Waals surface area contributed by atoms with Gasteiger partial charge in [-0.3, -0.25) is 9.36 Å². The largest absolute Gasteiger partial charge is 0.481 e. The topological polar surface area (TPSA) is 55.1 Å². The Labute approximate surface area is 130 Å². The highest BCUT2D eigenvalue weighted by atomic mass is 79.9. The molecule has 1 heterocycles. The summed E-state index contributed by atoms with van der Waals surface area (Å²) >= 11 is 4.77. The minimum absolute atomic E-state index is 0.00716. The summed E-state index contributed by atoms with van der Waals surface area (Å²) in [5, 5.41) is 9.55. The van der Waals surface area contributed by atoms with Crippen LogP contribution in [0.15, 0.2) is 34.0 Å². The van der Waals surface area contributed by atoms with Gasteiger partial charge in [0, 0.05) is 16.4 Å². The lowest BCUT2D eigenvalue weighted by Crippen LogP contribution is -2.05. The van der Waals surface area contributed by atoms with Crippen molar-refractivity contribution in [1.82, 2.24) is 9.55 Å². The number of aliphatic carboxylic acids is 1. The zero-order valence-electron chi connectivity index (χ0n) is 11.3. The van der Waals surface area contributed by atoms with Crippen molar-refractivity contribution in [3.63, 3.8) is 0 Å². The first kappa shape index (κ1) is 15.1. The van der Waals surface area contributed by atoms with Crippen LogP contribution in [0.1, 0.15) is 18.2 Å². The number of nitrogens with zero attached hydrogens (tertiary/aromatic N) is 2. The fraction of sp³-hybridized carbons (Fsp3) is 0.286. The van der Waals surface area contributed by atoms with Crippen LogP contribution in [-0.4, -0.2) is 26.4 Å².